The number of halogens is 2. The van der Waals surface area contributed by atoms with Gasteiger partial charge in [-0.25, -0.2) is 5.43 Å². The van der Waals surface area contributed by atoms with Crippen molar-refractivity contribution in [3.8, 4) is 5.75 Å². The van der Waals surface area contributed by atoms with Gasteiger partial charge < -0.3 is 10.4 Å². The molecule has 0 unspecified atom stereocenters. The molecule has 3 N–H and O–H groups in total. The third kappa shape index (κ3) is 4.79. The van der Waals surface area contributed by atoms with Crippen LogP contribution in [0.2, 0.25) is 0 Å². The maximum Gasteiger partial charge on any atom is 0.271 e. The number of hydrazone groups is 1. The molecule has 2 aromatic carbocycles. The van der Waals surface area contributed by atoms with Gasteiger partial charge in [0.25, 0.3) is 11.8 Å². The second-order valence-electron chi connectivity index (χ2n) is 5.81. The van der Waals surface area contributed by atoms with E-state index in [4.69, 9.17) is 12.2 Å². The van der Waals surface area contributed by atoms with Crippen LogP contribution >= 0.6 is 50.7 Å². The van der Waals surface area contributed by atoms with E-state index in [0.29, 0.717) is 9.26 Å². The molecule has 11 heteroatoms. The summed E-state index contributed by atoms with van der Waals surface area (Å²) in [5, 5.41) is 15.8. The SMILES string of the molecule is O=C(N/N=C\[C@@H]1C(=O)NC(=S)N(c2ccc(Br)cc2)C1=O)c1ccc(I)c(O)c1. The molecule has 2 aromatic rings. The Kier molecular flexibility index (Phi) is 6.59. The molecule has 1 heterocycles. The molecule has 1 atom stereocenters. The number of amides is 3. The van der Waals surface area contributed by atoms with Crippen LogP contribution in [0.25, 0.3) is 0 Å². The van der Waals surface area contributed by atoms with E-state index in [1.54, 1.807) is 30.3 Å². The van der Waals surface area contributed by atoms with Crippen molar-refractivity contribution in [2.24, 2.45) is 11.0 Å². The monoisotopic (exact) mass is 586 g/mol. The summed E-state index contributed by atoms with van der Waals surface area (Å²) in [4.78, 5) is 38.3. The molecule has 1 aliphatic rings. The molecule has 0 bridgehead atoms. The van der Waals surface area contributed by atoms with Crippen LogP contribution in [0, 0.1) is 9.49 Å². The second kappa shape index (κ2) is 8.97. The molecule has 0 saturated carbocycles. The highest BCUT2D eigenvalue weighted by Crippen LogP contribution is 2.23. The maximum atomic E-state index is 12.8. The number of phenols is 1. The fourth-order valence-electron chi connectivity index (χ4n) is 2.45. The van der Waals surface area contributed by atoms with Gasteiger partial charge in [0.15, 0.2) is 11.0 Å². The topological polar surface area (TPSA) is 111 Å². The van der Waals surface area contributed by atoms with Gasteiger partial charge in [-0.15, -0.1) is 0 Å². The van der Waals surface area contributed by atoms with Gasteiger partial charge in [0.2, 0.25) is 5.91 Å². The van der Waals surface area contributed by atoms with Crippen LogP contribution in [0.4, 0.5) is 5.69 Å². The zero-order valence-electron chi connectivity index (χ0n) is 14.4. The molecule has 0 aliphatic carbocycles. The molecule has 0 radical (unpaired) electrons. The predicted octanol–water partition coefficient (Wildman–Crippen LogP) is 2.54. The number of carbonyl (C=O) groups excluding carboxylic acids is 3. The van der Waals surface area contributed by atoms with Crippen molar-refractivity contribution < 1.29 is 19.5 Å². The second-order valence-corrected chi connectivity index (χ2v) is 8.27. The Morgan fingerprint density at radius 2 is 1.97 bits per heavy atom. The highest BCUT2D eigenvalue weighted by Gasteiger charge is 2.38. The van der Waals surface area contributed by atoms with E-state index in [2.05, 4.69) is 31.8 Å². The Hall–Kier alpha value is -2.38. The summed E-state index contributed by atoms with van der Waals surface area (Å²) in [5.41, 5.74) is 2.90. The molecule has 3 amide bonds. The van der Waals surface area contributed by atoms with Crippen molar-refractivity contribution >= 4 is 85.5 Å². The molecule has 1 aliphatic heterocycles. The first-order valence-electron chi connectivity index (χ1n) is 8.04. The Balaban J connectivity index is 1.74. The number of nitrogens with one attached hydrogen (secondary N) is 2. The molecular formula is C18H12BrIN4O4S. The molecule has 0 spiro atoms. The minimum Gasteiger partial charge on any atom is -0.507 e. The Morgan fingerprint density at radius 3 is 2.62 bits per heavy atom. The number of anilines is 1. The van der Waals surface area contributed by atoms with Gasteiger partial charge in [-0.05, 0) is 77.3 Å². The third-order valence-corrected chi connectivity index (χ3v) is 5.61. The van der Waals surface area contributed by atoms with Crippen molar-refractivity contribution in [3.05, 3.63) is 56.1 Å². The summed E-state index contributed by atoms with van der Waals surface area (Å²) in [6, 6.07) is 11.2. The molecule has 148 valence electrons. The zero-order chi connectivity index (χ0) is 21.1. The summed E-state index contributed by atoms with van der Waals surface area (Å²) in [6.07, 6.45) is 1.04. The quantitative estimate of drug-likeness (QED) is 0.168. The van der Waals surface area contributed by atoms with Crippen LogP contribution in [-0.4, -0.2) is 34.2 Å². The first kappa shape index (κ1) is 21.3. The predicted molar refractivity (Wildman–Crippen MR) is 123 cm³/mol. The summed E-state index contributed by atoms with van der Waals surface area (Å²) in [7, 11) is 0. The minimum absolute atomic E-state index is 0.0367. The lowest BCUT2D eigenvalue weighted by Gasteiger charge is -2.30. The van der Waals surface area contributed by atoms with E-state index >= 15 is 0 Å². The van der Waals surface area contributed by atoms with Gasteiger partial charge in [-0.2, -0.15) is 5.10 Å². The van der Waals surface area contributed by atoms with Crippen molar-refractivity contribution in [1.29, 1.82) is 0 Å². The van der Waals surface area contributed by atoms with Crippen LogP contribution in [-0.2, 0) is 9.59 Å². The lowest BCUT2D eigenvalue weighted by molar-refractivity contribution is -0.130. The number of hydrogen-bond acceptors (Lipinski definition) is 6. The molecule has 1 saturated heterocycles. The number of nitrogens with zero attached hydrogens (tertiary/aromatic N) is 2. The summed E-state index contributed by atoms with van der Waals surface area (Å²) in [5.74, 6) is -3.14. The van der Waals surface area contributed by atoms with Gasteiger partial charge in [-0.3, -0.25) is 19.3 Å². The Labute approximate surface area is 192 Å². The van der Waals surface area contributed by atoms with Crippen LogP contribution in [0.1, 0.15) is 10.4 Å². The van der Waals surface area contributed by atoms with Crippen molar-refractivity contribution in [2.75, 3.05) is 4.90 Å². The summed E-state index contributed by atoms with van der Waals surface area (Å²) < 4.78 is 1.42. The highest BCUT2D eigenvalue weighted by atomic mass is 127. The van der Waals surface area contributed by atoms with Gasteiger partial charge in [-0.1, -0.05) is 15.9 Å². The fourth-order valence-corrected chi connectivity index (χ4v) is 3.34. The van der Waals surface area contributed by atoms with Gasteiger partial charge >= 0.3 is 0 Å². The molecule has 1 fully saturated rings. The van der Waals surface area contributed by atoms with E-state index in [0.717, 1.165) is 10.7 Å². The maximum absolute atomic E-state index is 12.8. The number of phenolic OH excluding ortho intramolecular Hbond substituents is 1. The fraction of sp³-hybridized carbons (Fsp3) is 0.0556. The van der Waals surface area contributed by atoms with Crippen LogP contribution in [0.15, 0.2) is 52.0 Å². The van der Waals surface area contributed by atoms with Crippen LogP contribution < -0.4 is 15.6 Å². The molecule has 29 heavy (non-hydrogen) atoms. The van der Waals surface area contributed by atoms with E-state index in [1.165, 1.54) is 17.0 Å². The zero-order valence-corrected chi connectivity index (χ0v) is 19.0. The standard InChI is InChI=1S/C18H12BrIN4O4S/c19-10-2-4-11(5-3-10)24-17(28)12(16(27)22-18(24)29)8-21-23-15(26)9-1-6-13(20)14(25)7-9/h1-8,12,25H,(H,23,26)(H,22,27,29)/b21-8-/t12-/m1/s1. The first-order chi connectivity index (χ1) is 13.8. The van der Waals surface area contributed by atoms with Crippen molar-refractivity contribution in [1.82, 2.24) is 10.7 Å². The summed E-state index contributed by atoms with van der Waals surface area (Å²) >= 11 is 10.4. The Bertz CT molecular complexity index is 1040. The minimum atomic E-state index is -1.27. The van der Waals surface area contributed by atoms with E-state index in [9.17, 15) is 19.5 Å². The lowest BCUT2D eigenvalue weighted by atomic mass is 10.1. The van der Waals surface area contributed by atoms with Crippen LogP contribution in [0.5, 0.6) is 5.75 Å². The number of hydrogen-bond donors (Lipinski definition) is 3. The number of benzene rings is 2. The number of carbonyl (C=O) groups is 3. The highest BCUT2D eigenvalue weighted by molar-refractivity contribution is 14.1. The van der Waals surface area contributed by atoms with Crippen molar-refractivity contribution in [3.63, 3.8) is 0 Å². The number of aromatic hydroxyl groups is 1. The molecule has 3 rings (SSSR count). The first-order valence-corrected chi connectivity index (χ1v) is 10.3. The average molecular weight is 587 g/mol. The third-order valence-electron chi connectivity index (χ3n) is 3.88. The smallest absolute Gasteiger partial charge is 0.271 e. The van der Waals surface area contributed by atoms with Crippen molar-refractivity contribution in [2.45, 2.75) is 0 Å². The van der Waals surface area contributed by atoms with Gasteiger partial charge in [0.05, 0.1) is 9.26 Å². The van der Waals surface area contributed by atoms with E-state index in [1.807, 2.05) is 22.6 Å². The largest absolute Gasteiger partial charge is 0.507 e. The van der Waals surface area contributed by atoms with Crippen LogP contribution in [0.3, 0.4) is 0 Å². The molecule has 8 nitrogen and oxygen atoms in total. The van der Waals surface area contributed by atoms with E-state index in [-0.39, 0.29) is 16.4 Å². The number of rotatable bonds is 4. The summed E-state index contributed by atoms with van der Waals surface area (Å²) in [6.45, 7) is 0. The van der Waals surface area contributed by atoms with Gasteiger partial charge in [0, 0.05) is 16.3 Å². The Morgan fingerprint density at radius 1 is 1.28 bits per heavy atom. The number of thiocarbonyl (C=S) groups is 1. The lowest BCUT2D eigenvalue weighted by Crippen LogP contribution is -2.58. The van der Waals surface area contributed by atoms with E-state index < -0.39 is 23.6 Å². The average Bonchev–Trinajstić information content (AvgIpc) is 2.67. The molecular weight excluding hydrogens is 575 g/mol. The molecule has 0 aromatic heterocycles. The van der Waals surface area contributed by atoms with Gasteiger partial charge in [0.1, 0.15) is 5.75 Å². The normalized spacial score (nSPS) is 16.8.